The quantitative estimate of drug-likeness (QED) is 0.165. The lowest BCUT2D eigenvalue weighted by atomic mass is 9.85. The Morgan fingerprint density at radius 3 is 1.18 bits per heavy atom. The third-order valence-electron chi connectivity index (χ3n) is 7.89. The Kier molecular flexibility index (Phi) is 2.69. The number of furan rings is 1. The van der Waals surface area contributed by atoms with Gasteiger partial charge in [0.2, 0.25) is 0 Å². The fourth-order valence-corrected chi connectivity index (χ4v) is 5.65. The van der Waals surface area contributed by atoms with Crippen LogP contribution in [0.3, 0.4) is 0 Å². The summed E-state index contributed by atoms with van der Waals surface area (Å²) in [6.07, 6.45) is 0. The average molecular weight is 681 g/mol. The third kappa shape index (κ3) is 5.02. The minimum atomic E-state index is -1.18. The molecule has 0 spiro atoms. The molecule has 9 aromatic carbocycles. The van der Waals surface area contributed by atoms with E-state index in [1.165, 1.54) is 0 Å². The molecule has 0 unspecified atom stereocenters. The van der Waals surface area contributed by atoms with Crippen LogP contribution >= 0.6 is 0 Å². The molecule has 1 heterocycles. The van der Waals surface area contributed by atoms with E-state index < -0.39 is 292 Å². The molecule has 0 fully saturated rings. The van der Waals surface area contributed by atoms with Crippen molar-refractivity contribution in [1.29, 1.82) is 0 Å². The Balaban J connectivity index is 1.36. The molecule has 1 aromatic heterocycles. The van der Waals surface area contributed by atoms with E-state index in [0.29, 0.717) is 0 Å². The fraction of sp³-hybridized carbons (Fsp3) is 0. The first kappa shape index (κ1) is 11.4. The molecule has 1 nitrogen and oxygen atoms in total. The van der Waals surface area contributed by atoms with Gasteiger partial charge >= 0.3 is 0 Å². The maximum Gasteiger partial charge on any atom is 0.135 e. The fourth-order valence-electron chi connectivity index (χ4n) is 5.65. The lowest BCUT2D eigenvalue weighted by Crippen LogP contribution is -1.91. The van der Waals surface area contributed by atoms with E-state index in [4.69, 9.17) is 29.1 Å². The molecule has 238 valence electrons. The van der Waals surface area contributed by atoms with Crippen molar-refractivity contribution in [3.8, 4) is 55.6 Å². The minimum absolute atomic E-state index is 0.413. The number of hydrogen-bond donors (Lipinski definition) is 0. The first-order valence-electron chi connectivity index (χ1n) is 30.9. The second-order valence-corrected chi connectivity index (χ2v) is 10.8. The lowest BCUT2D eigenvalue weighted by molar-refractivity contribution is 0.669. The molecular formula is C50H32O. The number of hydrogen-bond acceptors (Lipinski definition) is 1. The van der Waals surface area contributed by atoms with Gasteiger partial charge in [-0.1, -0.05) is 169 Å². The SMILES string of the molecule is [2H]c1c([2H])c([2H])c(-c2c([2H])c([2H])c([2H])c(-c3c([2H])c([2H])c(-c4c5c([2H])c([2H])c([2H])c([2H])c5c(-c5c([2H])c([2H])c(-c6c([2H])c([2H])c7oc8c([2H])c([2H])c([2H])c([2H])c8c7c6[2H])c([2H])c5[2H])c5c([2H])c([2H])c([2H])c([2H])c45)c([2H])c3[2H])c2[2H])c([2H])c1[2H]. The second kappa shape index (κ2) is 12.0. The van der Waals surface area contributed by atoms with Gasteiger partial charge in [0.15, 0.2) is 0 Å². The van der Waals surface area contributed by atoms with E-state index in [1.54, 1.807) is 0 Å². The van der Waals surface area contributed by atoms with Gasteiger partial charge in [-0.2, -0.15) is 0 Å². The van der Waals surface area contributed by atoms with Crippen LogP contribution in [0.2, 0.25) is 0 Å². The van der Waals surface area contributed by atoms with Gasteiger partial charge in [-0.05, 0) is 101 Å². The number of benzene rings is 9. The molecule has 0 saturated heterocycles. The highest BCUT2D eigenvalue weighted by Crippen LogP contribution is 2.44. The standard InChI is InChI=1S/C50H32O/c1-2-11-33(12-3-1)38-13-10-14-39(31-38)34-21-25-36(26-22-34)49-42-16-4-6-18-44(42)50(45-19-7-5-17-43(45)49)37-27-23-35(24-28-37)40-29-30-48-46(32-40)41-15-8-9-20-47(41)51-48/h1-32H/i1D,2D,3D,4D,5D,6D,7D,8D,9D,10D,11D,12D,13D,14D,15D,16D,17D,18D,19D,20D,21D,22D,23D,24D,25D,26D,27D,28D,29D,30D,31D,32D. The van der Waals surface area contributed by atoms with Crippen molar-refractivity contribution in [2.24, 2.45) is 0 Å². The Morgan fingerprint density at radius 2 is 0.627 bits per heavy atom. The molecule has 0 radical (unpaired) electrons. The Hall–Kier alpha value is -6.70. The van der Waals surface area contributed by atoms with Crippen LogP contribution in [0.1, 0.15) is 43.9 Å². The monoisotopic (exact) mass is 680 g/mol. The number of fused-ring (bicyclic) bond motifs is 5. The summed E-state index contributed by atoms with van der Waals surface area (Å²) in [4.78, 5) is 0. The van der Waals surface area contributed by atoms with Gasteiger partial charge in [0.05, 0.1) is 43.9 Å². The normalized spacial score (nSPS) is 20.3. The first-order valence-corrected chi connectivity index (χ1v) is 14.9. The van der Waals surface area contributed by atoms with Crippen molar-refractivity contribution in [3.05, 3.63) is 193 Å². The molecule has 10 rings (SSSR count). The molecule has 0 bridgehead atoms. The topological polar surface area (TPSA) is 13.1 Å². The van der Waals surface area contributed by atoms with Crippen molar-refractivity contribution >= 4 is 43.5 Å². The van der Waals surface area contributed by atoms with Crippen molar-refractivity contribution in [3.63, 3.8) is 0 Å². The number of rotatable bonds is 5. The van der Waals surface area contributed by atoms with Crippen LogP contribution < -0.4 is 0 Å². The van der Waals surface area contributed by atoms with Crippen LogP contribution in [-0.4, -0.2) is 0 Å². The van der Waals surface area contributed by atoms with Crippen molar-refractivity contribution < 1.29 is 48.3 Å². The van der Waals surface area contributed by atoms with E-state index in [0.717, 1.165) is 0 Å². The van der Waals surface area contributed by atoms with Crippen molar-refractivity contribution in [1.82, 2.24) is 0 Å². The van der Waals surface area contributed by atoms with E-state index in [9.17, 15) is 19.2 Å². The average Bonchev–Trinajstić information content (AvgIpc) is 2.66. The Bertz CT molecular complexity index is 4580. The summed E-state index contributed by atoms with van der Waals surface area (Å²) in [7, 11) is 0. The maximum absolute atomic E-state index is 9.58. The molecule has 10 aromatic rings. The Labute approximate surface area is 341 Å². The summed E-state index contributed by atoms with van der Waals surface area (Å²) in [6, 6.07) is -32.0. The summed E-state index contributed by atoms with van der Waals surface area (Å²) in [5.41, 5.74) is -9.65. The Morgan fingerprint density at radius 1 is 0.255 bits per heavy atom. The third-order valence-corrected chi connectivity index (χ3v) is 7.89. The van der Waals surface area contributed by atoms with Crippen LogP contribution in [-0.2, 0) is 0 Å². The molecule has 0 saturated carbocycles. The van der Waals surface area contributed by atoms with E-state index in [2.05, 4.69) is 0 Å². The van der Waals surface area contributed by atoms with Crippen LogP contribution in [0, 0.1) is 0 Å². The molecule has 0 aliphatic rings. The molecule has 0 aliphatic carbocycles. The molecular weight excluding hydrogens is 617 g/mol. The molecule has 0 aliphatic heterocycles. The van der Waals surface area contributed by atoms with Gasteiger partial charge in [-0.3, -0.25) is 0 Å². The molecule has 0 amide bonds. The first-order chi connectivity index (χ1) is 38.6. The lowest BCUT2D eigenvalue weighted by Gasteiger charge is -2.18. The minimum Gasteiger partial charge on any atom is -0.456 e. The second-order valence-electron chi connectivity index (χ2n) is 10.8. The highest BCUT2D eigenvalue weighted by Gasteiger charge is 2.17. The van der Waals surface area contributed by atoms with Crippen LogP contribution in [0.4, 0.5) is 0 Å². The van der Waals surface area contributed by atoms with E-state index in [-0.39, 0.29) is 0 Å². The molecule has 51 heavy (non-hydrogen) atoms. The van der Waals surface area contributed by atoms with Crippen LogP contribution in [0.25, 0.3) is 99.1 Å². The van der Waals surface area contributed by atoms with E-state index >= 15 is 0 Å². The van der Waals surface area contributed by atoms with E-state index in [1.807, 2.05) is 0 Å². The predicted octanol–water partition coefficient (Wildman–Crippen LogP) is 14.2. The predicted molar refractivity (Wildman–Crippen MR) is 216 cm³/mol. The van der Waals surface area contributed by atoms with Gasteiger partial charge in [0.1, 0.15) is 11.2 Å². The van der Waals surface area contributed by atoms with Crippen LogP contribution in [0.5, 0.6) is 0 Å². The molecule has 0 atom stereocenters. The summed E-state index contributed by atoms with van der Waals surface area (Å²) in [5, 5.41) is -4.20. The van der Waals surface area contributed by atoms with Gasteiger partial charge in [0.25, 0.3) is 0 Å². The van der Waals surface area contributed by atoms with Gasteiger partial charge in [-0.15, -0.1) is 0 Å². The van der Waals surface area contributed by atoms with Gasteiger partial charge in [0, 0.05) is 10.8 Å². The zero-order valence-corrected chi connectivity index (χ0v) is 25.4. The summed E-state index contributed by atoms with van der Waals surface area (Å²) < 4.78 is 293. The number of para-hydroxylation sites is 1. The van der Waals surface area contributed by atoms with Gasteiger partial charge < -0.3 is 4.42 Å². The van der Waals surface area contributed by atoms with Crippen molar-refractivity contribution in [2.75, 3.05) is 0 Å². The largest absolute Gasteiger partial charge is 0.456 e. The highest BCUT2D eigenvalue weighted by atomic mass is 16.3. The summed E-state index contributed by atoms with van der Waals surface area (Å²) in [5.74, 6) is 0. The summed E-state index contributed by atoms with van der Waals surface area (Å²) >= 11 is 0. The maximum atomic E-state index is 9.58. The zero-order valence-electron chi connectivity index (χ0n) is 57.4. The van der Waals surface area contributed by atoms with Crippen LogP contribution in [0.15, 0.2) is 198 Å². The van der Waals surface area contributed by atoms with Crippen molar-refractivity contribution in [2.45, 2.75) is 0 Å². The summed E-state index contributed by atoms with van der Waals surface area (Å²) in [6.45, 7) is 0. The van der Waals surface area contributed by atoms with Gasteiger partial charge in [-0.25, -0.2) is 0 Å². The zero-order chi connectivity index (χ0) is 61.6. The highest BCUT2D eigenvalue weighted by molar-refractivity contribution is 6.21. The molecule has 0 N–H and O–H groups in total. The smallest absolute Gasteiger partial charge is 0.135 e. The molecule has 1 heteroatoms.